The van der Waals surface area contributed by atoms with Gasteiger partial charge in [-0.05, 0) is 48.4 Å². The van der Waals surface area contributed by atoms with E-state index in [0.29, 0.717) is 55.6 Å². The second-order valence-electron chi connectivity index (χ2n) is 10.1. The predicted octanol–water partition coefficient (Wildman–Crippen LogP) is 3.50. The molecule has 5 rings (SSSR count). The van der Waals surface area contributed by atoms with Crippen molar-refractivity contribution >= 4 is 23.3 Å². The Balaban J connectivity index is 1.38. The molecule has 1 aromatic heterocycles. The van der Waals surface area contributed by atoms with Gasteiger partial charge in [0, 0.05) is 42.5 Å². The Bertz CT molecular complexity index is 1490. The monoisotopic (exact) mass is 523 g/mol. The lowest BCUT2D eigenvalue weighted by molar-refractivity contribution is -0.147. The van der Waals surface area contributed by atoms with E-state index in [4.69, 9.17) is 9.47 Å². The van der Waals surface area contributed by atoms with Gasteiger partial charge in [0.1, 0.15) is 12.7 Å². The predicted molar refractivity (Wildman–Crippen MR) is 145 cm³/mol. The zero-order valence-electron chi connectivity index (χ0n) is 22.0. The number of hydrogen-bond acceptors (Lipinski definition) is 10. The van der Waals surface area contributed by atoms with E-state index < -0.39 is 5.41 Å². The van der Waals surface area contributed by atoms with Crippen LogP contribution in [0.2, 0.25) is 0 Å². The molecule has 2 aromatic carbocycles. The number of aryl methyl sites for hydroxylation is 1. The van der Waals surface area contributed by atoms with Crippen molar-refractivity contribution in [1.29, 1.82) is 10.5 Å². The molecule has 1 unspecified atom stereocenters. The van der Waals surface area contributed by atoms with Gasteiger partial charge in [0.2, 0.25) is 5.95 Å². The first-order chi connectivity index (χ1) is 18.9. The Morgan fingerprint density at radius 2 is 2.03 bits per heavy atom. The van der Waals surface area contributed by atoms with Crippen LogP contribution in [0.1, 0.15) is 29.2 Å². The maximum Gasteiger partial charge on any atom is 0.320 e. The van der Waals surface area contributed by atoms with E-state index >= 15 is 0 Å². The van der Waals surface area contributed by atoms with Crippen LogP contribution >= 0.6 is 0 Å². The Kier molecular flexibility index (Phi) is 7.42. The van der Waals surface area contributed by atoms with Crippen LogP contribution in [0.5, 0.6) is 0 Å². The summed E-state index contributed by atoms with van der Waals surface area (Å²) in [6, 6.07) is 15.4. The van der Waals surface area contributed by atoms with E-state index in [2.05, 4.69) is 32.7 Å². The first-order valence-electron chi connectivity index (χ1n) is 12.8. The molecule has 3 aromatic rings. The second-order valence-corrected chi connectivity index (χ2v) is 10.1. The fraction of sp³-hybridized carbons (Fsp3) is 0.345. The topological polar surface area (TPSA) is 136 Å². The van der Waals surface area contributed by atoms with E-state index in [0.717, 1.165) is 28.1 Å². The highest BCUT2D eigenvalue weighted by molar-refractivity contribution is 5.77. The molecule has 2 aliphatic heterocycles. The number of ether oxygens (including phenoxy) is 2. The minimum absolute atomic E-state index is 0.190. The first kappa shape index (κ1) is 26.1. The number of carbonyl (C=O) groups is 1. The Morgan fingerprint density at radius 3 is 2.79 bits per heavy atom. The van der Waals surface area contributed by atoms with Crippen LogP contribution in [-0.4, -0.2) is 66.8 Å². The highest BCUT2D eigenvalue weighted by Crippen LogP contribution is 2.41. The molecule has 39 heavy (non-hydrogen) atoms. The van der Waals surface area contributed by atoms with Gasteiger partial charge in [-0.2, -0.15) is 10.5 Å². The summed E-state index contributed by atoms with van der Waals surface area (Å²) < 4.78 is 11.1. The van der Waals surface area contributed by atoms with Crippen LogP contribution in [0.15, 0.2) is 42.6 Å². The summed E-state index contributed by atoms with van der Waals surface area (Å²) in [5.74, 6) is 0.105. The van der Waals surface area contributed by atoms with Crippen molar-refractivity contribution in [3.05, 3.63) is 64.8 Å². The van der Waals surface area contributed by atoms with E-state index in [1.54, 1.807) is 30.5 Å². The number of morpholine rings is 1. The van der Waals surface area contributed by atoms with Gasteiger partial charge < -0.3 is 20.1 Å². The van der Waals surface area contributed by atoms with Crippen molar-refractivity contribution in [1.82, 2.24) is 14.9 Å². The molecule has 1 atom stereocenters. The first-order valence-corrected chi connectivity index (χ1v) is 12.8. The van der Waals surface area contributed by atoms with Crippen molar-refractivity contribution in [2.75, 3.05) is 56.6 Å². The number of rotatable bonds is 7. The van der Waals surface area contributed by atoms with Gasteiger partial charge in [-0.3, -0.25) is 9.69 Å². The van der Waals surface area contributed by atoms with Crippen molar-refractivity contribution in [2.45, 2.75) is 19.3 Å². The van der Waals surface area contributed by atoms with Crippen molar-refractivity contribution < 1.29 is 14.3 Å². The molecule has 2 N–H and O–H groups in total. The smallest absolute Gasteiger partial charge is 0.320 e. The number of nitrogens with zero attached hydrogens (tertiary/aromatic N) is 5. The Labute approximate surface area is 227 Å². The van der Waals surface area contributed by atoms with Crippen LogP contribution in [0.25, 0.3) is 11.3 Å². The molecule has 0 aliphatic carbocycles. The number of anilines is 3. The average Bonchev–Trinajstić information content (AvgIpc) is 3.30. The van der Waals surface area contributed by atoms with Gasteiger partial charge in [-0.1, -0.05) is 13.0 Å². The normalized spacial score (nSPS) is 18.4. The van der Waals surface area contributed by atoms with Crippen LogP contribution in [-0.2, 0) is 19.7 Å². The van der Waals surface area contributed by atoms with E-state index in [1.807, 2.05) is 30.9 Å². The van der Waals surface area contributed by atoms with Crippen molar-refractivity contribution in [3.8, 4) is 23.4 Å². The molecule has 0 bridgehead atoms. The van der Waals surface area contributed by atoms with Crippen LogP contribution < -0.4 is 10.6 Å². The zero-order chi connectivity index (χ0) is 27.4. The zero-order valence-corrected chi connectivity index (χ0v) is 22.0. The fourth-order valence-corrected chi connectivity index (χ4v) is 4.81. The highest BCUT2D eigenvalue weighted by atomic mass is 16.5. The van der Waals surface area contributed by atoms with Crippen LogP contribution in [0, 0.1) is 29.6 Å². The molecule has 198 valence electrons. The quantitative estimate of drug-likeness (QED) is 0.443. The molecular formula is C29H29N7O3. The molecule has 0 spiro atoms. The molecule has 2 aliphatic rings. The van der Waals surface area contributed by atoms with Gasteiger partial charge in [-0.15, -0.1) is 0 Å². The van der Waals surface area contributed by atoms with E-state index in [9.17, 15) is 15.3 Å². The van der Waals surface area contributed by atoms with Gasteiger partial charge in [0.15, 0.2) is 0 Å². The molecule has 0 radical (unpaired) electrons. The van der Waals surface area contributed by atoms with E-state index in [-0.39, 0.29) is 19.1 Å². The lowest BCUT2D eigenvalue weighted by Crippen LogP contribution is -2.41. The summed E-state index contributed by atoms with van der Waals surface area (Å²) in [6.45, 7) is 7.59. The standard InChI is InChI=1S/C29H29N7O3/c1-19-3-4-20(14-30)11-25(19)35-28-32-6-5-24(34-28)21-12-22(15-31)27-23(13-21)29(2,17-33-27)18-39-26(37)16-36-7-9-38-10-8-36/h3-6,11-13,33H,7-10,16-18H2,1-2H3,(H,32,34,35). The molecule has 1 saturated heterocycles. The number of fused-ring (bicyclic) bond motifs is 1. The lowest BCUT2D eigenvalue weighted by atomic mass is 9.83. The second kappa shape index (κ2) is 11.1. The van der Waals surface area contributed by atoms with Crippen molar-refractivity contribution in [3.63, 3.8) is 0 Å². The van der Waals surface area contributed by atoms with Gasteiger partial charge in [0.05, 0.1) is 48.3 Å². The summed E-state index contributed by atoms with van der Waals surface area (Å²) in [7, 11) is 0. The number of aromatic nitrogens is 2. The maximum atomic E-state index is 12.6. The molecule has 1 fully saturated rings. The summed E-state index contributed by atoms with van der Waals surface area (Å²) in [6.07, 6.45) is 1.65. The SMILES string of the molecule is Cc1ccc(C#N)cc1Nc1nccc(-c2cc(C#N)c3c(c2)C(C)(COC(=O)CN2CCOCC2)CN3)n1. The van der Waals surface area contributed by atoms with Crippen molar-refractivity contribution in [2.24, 2.45) is 0 Å². The van der Waals surface area contributed by atoms with E-state index in [1.165, 1.54) is 0 Å². The summed E-state index contributed by atoms with van der Waals surface area (Å²) in [5.41, 5.74) is 5.27. The Morgan fingerprint density at radius 1 is 1.21 bits per heavy atom. The Hall–Kier alpha value is -4.51. The number of hydrogen-bond donors (Lipinski definition) is 2. The minimum atomic E-state index is -0.513. The number of nitrogens with one attached hydrogen (secondary N) is 2. The highest BCUT2D eigenvalue weighted by Gasteiger charge is 2.38. The number of benzene rings is 2. The minimum Gasteiger partial charge on any atom is -0.464 e. The molecule has 0 amide bonds. The van der Waals surface area contributed by atoms with Gasteiger partial charge >= 0.3 is 5.97 Å². The van der Waals surface area contributed by atoms with Gasteiger partial charge in [-0.25, -0.2) is 9.97 Å². The summed E-state index contributed by atoms with van der Waals surface area (Å²) in [5, 5.41) is 25.7. The summed E-state index contributed by atoms with van der Waals surface area (Å²) in [4.78, 5) is 23.6. The average molecular weight is 524 g/mol. The third kappa shape index (κ3) is 5.68. The fourth-order valence-electron chi connectivity index (χ4n) is 4.81. The van der Waals surface area contributed by atoms with Gasteiger partial charge in [0.25, 0.3) is 0 Å². The molecule has 0 saturated carbocycles. The molecule has 3 heterocycles. The largest absolute Gasteiger partial charge is 0.464 e. The van der Waals surface area contributed by atoms with Crippen LogP contribution in [0.4, 0.5) is 17.3 Å². The summed E-state index contributed by atoms with van der Waals surface area (Å²) >= 11 is 0. The molecule has 10 nitrogen and oxygen atoms in total. The number of carbonyl (C=O) groups excluding carboxylic acids is 1. The number of esters is 1. The lowest BCUT2D eigenvalue weighted by Gasteiger charge is -2.27. The third-order valence-corrected chi connectivity index (χ3v) is 7.14. The third-order valence-electron chi connectivity index (χ3n) is 7.14. The maximum absolute atomic E-state index is 12.6. The molecule has 10 heteroatoms. The number of nitriles is 2. The van der Waals surface area contributed by atoms with Crippen LogP contribution in [0.3, 0.4) is 0 Å². The molecular weight excluding hydrogens is 494 g/mol.